The molecule has 66 valence electrons. The van der Waals surface area contributed by atoms with Gasteiger partial charge in [-0.3, -0.25) is 0 Å². The predicted octanol–water partition coefficient (Wildman–Crippen LogP) is 0.786. The molecule has 0 amide bonds. The van der Waals surface area contributed by atoms with Gasteiger partial charge in [-0.05, 0) is 17.8 Å². The minimum atomic E-state index is -1.51. The smallest absolute Gasteiger partial charge is 0.208 e. The summed E-state index contributed by atoms with van der Waals surface area (Å²) in [5, 5.41) is 1.42. The van der Waals surface area contributed by atoms with E-state index in [4.69, 9.17) is 4.12 Å². The van der Waals surface area contributed by atoms with Crippen molar-refractivity contribution in [2.75, 3.05) is 0 Å². The molecule has 0 aliphatic heterocycles. The first kappa shape index (κ1) is 9.70. The van der Waals surface area contributed by atoms with Gasteiger partial charge in [-0.25, -0.2) is 0 Å². The van der Waals surface area contributed by atoms with Crippen molar-refractivity contribution in [1.82, 2.24) is 0 Å². The molecule has 1 atom stereocenters. The largest absolute Gasteiger partial charge is 0.460 e. The molecule has 0 spiro atoms. The first-order valence-corrected chi connectivity index (χ1v) is 7.77. The van der Waals surface area contributed by atoms with Crippen LogP contribution in [0.25, 0.3) is 0 Å². The van der Waals surface area contributed by atoms with Gasteiger partial charge in [0.15, 0.2) is 0 Å². The molecule has 12 heavy (non-hydrogen) atoms. The fraction of sp³-hybridized carbons (Fsp3) is 0.333. The first-order chi connectivity index (χ1) is 5.73. The molecule has 0 saturated carbocycles. The zero-order valence-corrected chi connectivity index (χ0v) is 11.0. The molecule has 0 aliphatic carbocycles. The first-order valence-electron chi connectivity index (χ1n) is 4.33. The summed E-state index contributed by atoms with van der Waals surface area (Å²) in [4.78, 5) is 0. The van der Waals surface area contributed by atoms with Crippen molar-refractivity contribution in [1.29, 1.82) is 0 Å². The zero-order valence-electron chi connectivity index (χ0n) is 8.00. The van der Waals surface area contributed by atoms with Crippen molar-refractivity contribution in [2.24, 2.45) is 0 Å². The van der Waals surface area contributed by atoms with Crippen molar-refractivity contribution >= 4 is 24.0 Å². The number of rotatable bonds is 3. The van der Waals surface area contributed by atoms with Crippen LogP contribution in [0.15, 0.2) is 30.3 Å². The highest BCUT2D eigenvalue weighted by molar-refractivity contribution is 6.87. The van der Waals surface area contributed by atoms with Gasteiger partial charge < -0.3 is 4.12 Å². The number of hydrogen-bond donors (Lipinski definition) is 0. The Morgan fingerprint density at radius 1 is 1.33 bits per heavy atom. The van der Waals surface area contributed by atoms with Crippen molar-refractivity contribution in [3.8, 4) is 0 Å². The van der Waals surface area contributed by atoms with E-state index in [9.17, 15) is 0 Å². The molecule has 0 fully saturated rings. The quantitative estimate of drug-likeness (QED) is 0.650. The van der Waals surface area contributed by atoms with Crippen LogP contribution in [-0.2, 0) is 4.12 Å². The molecule has 0 aromatic heterocycles. The number of benzene rings is 1. The maximum Gasteiger partial charge on any atom is 0.208 e. The van der Waals surface area contributed by atoms with Crippen molar-refractivity contribution in [3.63, 3.8) is 0 Å². The summed E-state index contributed by atoms with van der Waals surface area (Å²) >= 11 is 0. The van der Waals surface area contributed by atoms with Gasteiger partial charge in [-0.15, -0.1) is 0 Å². The number of hydrogen-bond acceptors (Lipinski definition) is 1. The molecule has 0 radical (unpaired) electrons. The maximum atomic E-state index is 5.75. The summed E-state index contributed by atoms with van der Waals surface area (Å²) in [5.41, 5.74) is 0. The van der Waals surface area contributed by atoms with Crippen LogP contribution in [-0.4, -0.2) is 18.8 Å². The minimum absolute atomic E-state index is 0.853. The van der Waals surface area contributed by atoms with Gasteiger partial charge in [0, 0.05) is 0 Å². The molecule has 1 aromatic carbocycles. The van der Waals surface area contributed by atoms with E-state index in [0.29, 0.717) is 0 Å². The monoisotopic (exact) mass is 196 g/mol. The van der Waals surface area contributed by atoms with Crippen LogP contribution in [0.5, 0.6) is 0 Å². The topological polar surface area (TPSA) is 9.23 Å². The molecule has 0 saturated heterocycles. The van der Waals surface area contributed by atoms with E-state index in [2.05, 4.69) is 43.8 Å². The predicted molar refractivity (Wildman–Crippen MR) is 59.2 cm³/mol. The second-order valence-corrected chi connectivity index (χ2v) is 8.53. The summed E-state index contributed by atoms with van der Waals surface area (Å²) in [6.07, 6.45) is 0. The minimum Gasteiger partial charge on any atom is -0.460 e. The average Bonchev–Trinajstić information content (AvgIpc) is 2.18. The highest BCUT2D eigenvalue weighted by Crippen LogP contribution is 2.08. The Bertz CT molecular complexity index is 232. The van der Waals surface area contributed by atoms with Gasteiger partial charge in [-0.2, -0.15) is 0 Å². The van der Waals surface area contributed by atoms with Gasteiger partial charge in [0.25, 0.3) is 0 Å². The van der Waals surface area contributed by atoms with E-state index in [0.717, 1.165) is 10.5 Å². The Labute approximate surface area is 78.4 Å². The van der Waals surface area contributed by atoms with E-state index in [1.165, 1.54) is 11.2 Å². The van der Waals surface area contributed by atoms with Crippen LogP contribution in [0, 0.1) is 0 Å². The Hall–Kier alpha value is -0.386. The molecule has 0 heterocycles. The third kappa shape index (κ3) is 1.85. The lowest BCUT2D eigenvalue weighted by Gasteiger charge is -2.24. The van der Waals surface area contributed by atoms with Crippen LogP contribution in [0.3, 0.4) is 0 Å². The van der Waals surface area contributed by atoms with E-state index in [1.54, 1.807) is 0 Å². The second kappa shape index (κ2) is 4.02. The van der Waals surface area contributed by atoms with E-state index in [1.807, 2.05) is 0 Å². The molecule has 0 N–H and O–H groups in total. The molecule has 0 bridgehead atoms. The summed E-state index contributed by atoms with van der Waals surface area (Å²) in [6.45, 7) is 4.51. The summed E-state index contributed by atoms with van der Waals surface area (Å²) < 4.78 is 5.75. The molecule has 1 nitrogen and oxygen atoms in total. The normalized spacial score (nSPS) is 15.8. The highest BCUT2D eigenvalue weighted by Gasteiger charge is 2.26. The van der Waals surface area contributed by atoms with Crippen LogP contribution in [0.2, 0.25) is 12.6 Å². The Morgan fingerprint density at radius 3 is 2.33 bits per heavy atom. The molecule has 0 aliphatic rings. The lowest BCUT2D eigenvalue weighted by atomic mass is 10.4. The SMILES string of the molecule is CC[Si](C)(O[SiH3])c1ccccc1. The molecule has 1 rings (SSSR count). The van der Waals surface area contributed by atoms with Crippen LogP contribution < -0.4 is 5.19 Å². The van der Waals surface area contributed by atoms with Gasteiger partial charge in [0.2, 0.25) is 8.32 Å². The van der Waals surface area contributed by atoms with E-state index < -0.39 is 8.32 Å². The van der Waals surface area contributed by atoms with Crippen molar-refractivity contribution in [2.45, 2.75) is 19.5 Å². The van der Waals surface area contributed by atoms with E-state index >= 15 is 0 Å². The zero-order chi connectivity index (χ0) is 9.03. The molecular weight excluding hydrogens is 180 g/mol. The van der Waals surface area contributed by atoms with Gasteiger partial charge >= 0.3 is 0 Å². The fourth-order valence-electron chi connectivity index (χ4n) is 1.26. The van der Waals surface area contributed by atoms with Crippen LogP contribution >= 0.6 is 0 Å². The Morgan fingerprint density at radius 2 is 1.92 bits per heavy atom. The van der Waals surface area contributed by atoms with Crippen LogP contribution in [0.4, 0.5) is 0 Å². The van der Waals surface area contributed by atoms with Crippen LogP contribution in [0.1, 0.15) is 6.92 Å². The summed E-state index contributed by atoms with van der Waals surface area (Å²) in [6, 6.07) is 11.8. The summed E-state index contributed by atoms with van der Waals surface area (Å²) in [5.74, 6) is 0. The third-order valence-electron chi connectivity index (χ3n) is 2.51. The molecular formula is C9H16OSi2. The van der Waals surface area contributed by atoms with Gasteiger partial charge in [0.05, 0.1) is 0 Å². The lowest BCUT2D eigenvalue weighted by Crippen LogP contribution is -2.46. The van der Waals surface area contributed by atoms with Gasteiger partial charge in [0.1, 0.15) is 10.5 Å². The maximum absolute atomic E-state index is 5.75. The summed E-state index contributed by atoms with van der Waals surface area (Å²) in [7, 11) is -0.659. The van der Waals surface area contributed by atoms with E-state index in [-0.39, 0.29) is 0 Å². The molecule has 1 aromatic rings. The fourth-order valence-corrected chi connectivity index (χ4v) is 4.66. The standard InChI is InChI=1S/C9H16OSi2/c1-3-12(2,10-11)9-7-5-4-6-8-9/h4-8H,3H2,1-2,11H3. The Kier molecular flexibility index (Phi) is 3.25. The lowest BCUT2D eigenvalue weighted by molar-refractivity contribution is 0.618. The molecule has 3 heteroatoms. The Balaban J connectivity index is 2.95. The average molecular weight is 196 g/mol. The second-order valence-electron chi connectivity index (χ2n) is 3.15. The highest BCUT2D eigenvalue weighted by atomic mass is 28.4. The van der Waals surface area contributed by atoms with Crippen molar-refractivity contribution in [3.05, 3.63) is 30.3 Å². The van der Waals surface area contributed by atoms with Gasteiger partial charge in [-0.1, -0.05) is 37.3 Å². The van der Waals surface area contributed by atoms with Crippen molar-refractivity contribution < 1.29 is 4.12 Å². The third-order valence-corrected chi connectivity index (χ3v) is 9.02. The molecule has 1 unspecified atom stereocenters.